The Balaban J connectivity index is 3.15. The number of thiol groups is 1. The van der Waals surface area contributed by atoms with Gasteiger partial charge in [0.2, 0.25) is 0 Å². The first-order valence-corrected chi connectivity index (χ1v) is 10.8. The molecule has 0 aliphatic heterocycles. The fraction of sp³-hybridized carbons (Fsp3) is 0.875. The van der Waals surface area contributed by atoms with Crippen LogP contribution in [0.1, 0.15) is 71.1 Å². The Morgan fingerprint density at radius 2 is 1.32 bits per heavy atom. The van der Waals surface area contributed by atoms with E-state index in [0.29, 0.717) is 4.32 Å². The van der Waals surface area contributed by atoms with Crippen LogP contribution in [0.2, 0.25) is 0 Å². The number of nitrogens with one attached hydrogen (secondary N) is 2. The smallest absolute Gasteiger partial charge is 0.133 e. The Bertz CT molecular complexity index is 285. The zero-order valence-electron chi connectivity index (χ0n) is 13.9. The first-order valence-electron chi connectivity index (χ1n) is 8.54. The van der Waals surface area contributed by atoms with Gasteiger partial charge < -0.3 is 10.6 Å². The summed E-state index contributed by atoms with van der Waals surface area (Å²) >= 11 is 15.8. The van der Waals surface area contributed by atoms with Gasteiger partial charge in [0.1, 0.15) is 8.64 Å². The normalized spacial score (nSPS) is 10.5. The average Bonchev–Trinajstić information content (AvgIpc) is 2.49. The lowest BCUT2D eigenvalue weighted by Gasteiger charge is -2.08. The van der Waals surface area contributed by atoms with Gasteiger partial charge in [-0.1, -0.05) is 101 Å². The van der Waals surface area contributed by atoms with E-state index in [9.17, 15) is 0 Å². The minimum absolute atomic E-state index is 0.533. The molecule has 2 N–H and O–H groups in total. The van der Waals surface area contributed by atoms with Crippen LogP contribution in [0.3, 0.4) is 0 Å². The van der Waals surface area contributed by atoms with Crippen LogP contribution in [-0.2, 0) is 0 Å². The molecular formula is C16H32N2S4. The van der Waals surface area contributed by atoms with Crippen LogP contribution >= 0.6 is 48.8 Å². The summed E-state index contributed by atoms with van der Waals surface area (Å²) in [6, 6.07) is 0. The minimum atomic E-state index is 0.533. The van der Waals surface area contributed by atoms with Crippen molar-refractivity contribution < 1.29 is 0 Å². The number of hydrogen-bond acceptors (Lipinski definition) is 3. The van der Waals surface area contributed by atoms with E-state index in [1.165, 1.54) is 64.2 Å². The van der Waals surface area contributed by atoms with Crippen molar-refractivity contribution in [2.45, 2.75) is 71.1 Å². The Labute approximate surface area is 157 Å². The highest BCUT2D eigenvalue weighted by atomic mass is 32.2. The van der Waals surface area contributed by atoms with Gasteiger partial charge in [-0.05, 0) is 6.42 Å². The first kappa shape index (κ1) is 22.5. The second-order valence-electron chi connectivity index (χ2n) is 5.48. The number of hydrogen-bond donors (Lipinski definition) is 3. The summed E-state index contributed by atoms with van der Waals surface area (Å²) in [5.41, 5.74) is 0. The predicted molar refractivity (Wildman–Crippen MR) is 114 cm³/mol. The average molecular weight is 381 g/mol. The van der Waals surface area contributed by atoms with E-state index in [4.69, 9.17) is 24.4 Å². The summed E-state index contributed by atoms with van der Waals surface area (Å²) in [4.78, 5) is 0. The highest BCUT2D eigenvalue weighted by molar-refractivity contribution is 8.22. The summed E-state index contributed by atoms with van der Waals surface area (Å²) < 4.78 is 1.42. The molecule has 0 amide bonds. The van der Waals surface area contributed by atoms with E-state index in [1.807, 2.05) is 0 Å². The molecule has 0 saturated heterocycles. The van der Waals surface area contributed by atoms with Crippen molar-refractivity contribution >= 4 is 57.5 Å². The topological polar surface area (TPSA) is 24.1 Å². The first-order chi connectivity index (χ1) is 10.7. The summed E-state index contributed by atoms with van der Waals surface area (Å²) in [7, 11) is 0. The van der Waals surface area contributed by atoms with Crippen LogP contribution in [-0.4, -0.2) is 27.5 Å². The lowest BCUT2D eigenvalue weighted by molar-refractivity contribution is 0.563. The van der Waals surface area contributed by atoms with E-state index in [-0.39, 0.29) is 0 Å². The van der Waals surface area contributed by atoms with Crippen molar-refractivity contribution in [2.24, 2.45) is 0 Å². The van der Waals surface area contributed by atoms with Gasteiger partial charge in [0.15, 0.2) is 0 Å². The Morgan fingerprint density at radius 1 is 0.818 bits per heavy atom. The molecule has 0 rings (SSSR count). The molecule has 0 fully saturated rings. The number of thiocarbonyl (C=S) groups is 2. The molecule has 0 aliphatic carbocycles. The highest BCUT2D eigenvalue weighted by Crippen LogP contribution is 2.12. The SMILES string of the molecule is CCCCCCCCCCCCSC(=S)NCCNC(=S)S. The fourth-order valence-corrected chi connectivity index (χ4v) is 3.44. The maximum atomic E-state index is 5.28. The third-order valence-corrected chi connectivity index (χ3v) is 5.10. The second-order valence-corrected chi connectivity index (χ2v) is 8.41. The van der Waals surface area contributed by atoms with Crippen LogP contribution in [0.25, 0.3) is 0 Å². The monoisotopic (exact) mass is 380 g/mol. The summed E-state index contributed by atoms with van der Waals surface area (Å²) in [5, 5.41) is 6.19. The molecule has 22 heavy (non-hydrogen) atoms. The zero-order chi connectivity index (χ0) is 16.5. The van der Waals surface area contributed by atoms with Crippen LogP contribution in [0.4, 0.5) is 0 Å². The van der Waals surface area contributed by atoms with Gasteiger partial charge in [0.25, 0.3) is 0 Å². The van der Waals surface area contributed by atoms with Gasteiger partial charge in [-0.15, -0.1) is 12.6 Å². The maximum Gasteiger partial charge on any atom is 0.133 e. The van der Waals surface area contributed by atoms with Gasteiger partial charge in [-0.2, -0.15) is 0 Å². The molecule has 0 saturated carbocycles. The third-order valence-electron chi connectivity index (χ3n) is 3.40. The molecule has 0 heterocycles. The standard InChI is InChI=1S/C16H32N2S4/c1-2-3-4-5-6-7-8-9-10-11-14-22-16(21)18-13-12-17-15(19)20/h2-14H2,1H3,(H,18,21)(H2,17,19,20). The van der Waals surface area contributed by atoms with Crippen molar-refractivity contribution in [3.63, 3.8) is 0 Å². The van der Waals surface area contributed by atoms with Gasteiger partial charge in [0.05, 0.1) is 0 Å². The van der Waals surface area contributed by atoms with Crippen molar-refractivity contribution in [2.75, 3.05) is 18.8 Å². The molecular weight excluding hydrogens is 348 g/mol. The van der Waals surface area contributed by atoms with E-state index in [2.05, 4.69) is 30.2 Å². The Kier molecular flexibility index (Phi) is 18.2. The molecule has 0 radical (unpaired) electrons. The zero-order valence-corrected chi connectivity index (χ0v) is 17.2. The largest absolute Gasteiger partial charge is 0.369 e. The molecule has 0 aromatic carbocycles. The molecule has 6 heteroatoms. The Hall–Kier alpha value is 0.480. The van der Waals surface area contributed by atoms with Crippen molar-refractivity contribution in [3.05, 3.63) is 0 Å². The van der Waals surface area contributed by atoms with Crippen molar-refractivity contribution in [3.8, 4) is 0 Å². The van der Waals surface area contributed by atoms with E-state index in [1.54, 1.807) is 11.8 Å². The third kappa shape index (κ3) is 18.5. The molecule has 0 unspecified atom stereocenters. The molecule has 2 nitrogen and oxygen atoms in total. The molecule has 0 atom stereocenters. The molecule has 0 spiro atoms. The lowest BCUT2D eigenvalue weighted by Crippen LogP contribution is -2.30. The number of unbranched alkanes of at least 4 members (excludes halogenated alkanes) is 9. The van der Waals surface area contributed by atoms with E-state index >= 15 is 0 Å². The molecule has 0 bridgehead atoms. The van der Waals surface area contributed by atoms with Gasteiger partial charge in [-0.25, -0.2) is 0 Å². The predicted octanol–water partition coefficient (Wildman–Crippen LogP) is 5.32. The highest BCUT2D eigenvalue weighted by Gasteiger charge is 1.98. The second kappa shape index (κ2) is 17.8. The lowest BCUT2D eigenvalue weighted by atomic mass is 10.1. The van der Waals surface area contributed by atoms with Crippen LogP contribution < -0.4 is 10.6 Å². The van der Waals surface area contributed by atoms with Gasteiger partial charge in [0, 0.05) is 18.8 Å². The van der Waals surface area contributed by atoms with Crippen LogP contribution in [0.15, 0.2) is 0 Å². The van der Waals surface area contributed by atoms with Crippen molar-refractivity contribution in [1.82, 2.24) is 10.6 Å². The quantitative estimate of drug-likeness (QED) is 0.215. The van der Waals surface area contributed by atoms with E-state index < -0.39 is 0 Å². The summed E-state index contributed by atoms with van der Waals surface area (Å²) in [6.45, 7) is 3.83. The van der Waals surface area contributed by atoms with E-state index in [0.717, 1.165) is 23.2 Å². The summed E-state index contributed by atoms with van der Waals surface area (Å²) in [5.74, 6) is 1.13. The Morgan fingerprint density at radius 3 is 1.86 bits per heavy atom. The molecule has 0 aromatic rings. The molecule has 0 aliphatic rings. The number of rotatable bonds is 14. The van der Waals surface area contributed by atoms with Crippen LogP contribution in [0.5, 0.6) is 0 Å². The minimum Gasteiger partial charge on any atom is -0.369 e. The number of thioether (sulfide) groups is 1. The fourth-order valence-electron chi connectivity index (χ4n) is 2.14. The van der Waals surface area contributed by atoms with Crippen LogP contribution in [0, 0.1) is 0 Å². The van der Waals surface area contributed by atoms with Gasteiger partial charge in [-0.3, -0.25) is 0 Å². The molecule has 130 valence electrons. The van der Waals surface area contributed by atoms with Gasteiger partial charge >= 0.3 is 0 Å². The molecule has 0 aromatic heterocycles. The summed E-state index contributed by atoms with van der Waals surface area (Å²) in [6.07, 6.45) is 13.8. The van der Waals surface area contributed by atoms with Crippen molar-refractivity contribution in [1.29, 1.82) is 0 Å². The maximum absolute atomic E-state index is 5.28.